The van der Waals surface area contributed by atoms with Crippen LogP contribution in [0.25, 0.3) is 0 Å². The summed E-state index contributed by atoms with van der Waals surface area (Å²) in [6, 6.07) is 20.7. The lowest BCUT2D eigenvalue weighted by molar-refractivity contribution is 0.638. The van der Waals surface area contributed by atoms with Crippen LogP contribution in [0.5, 0.6) is 0 Å². The fourth-order valence-corrected chi connectivity index (χ4v) is 3.24. The van der Waals surface area contributed by atoms with Crippen molar-refractivity contribution in [1.82, 2.24) is 9.55 Å². The van der Waals surface area contributed by atoms with Crippen LogP contribution in [0.2, 0.25) is 0 Å². The summed E-state index contributed by atoms with van der Waals surface area (Å²) in [5.41, 5.74) is 9.60. The summed E-state index contributed by atoms with van der Waals surface area (Å²) in [5, 5.41) is 0. The van der Waals surface area contributed by atoms with Crippen molar-refractivity contribution < 1.29 is 0 Å². The van der Waals surface area contributed by atoms with Gasteiger partial charge in [-0.1, -0.05) is 60.7 Å². The number of amidine groups is 1. The summed E-state index contributed by atoms with van der Waals surface area (Å²) < 4.78 is 2.08. The van der Waals surface area contributed by atoms with E-state index in [2.05, 4.69) is 62.8 Å². The van der Waals surface area contributed by atoms with Crippen LogP contribution in [-0.4, -0.2) is 21.6 Å². The van der Waals surface area contributed by atoms with Gasteiger partial charge in [0.2, 0.25) is 0 Å². The number of fused-ring (bicyclic) bond motifs is 1. The summed E-state index contributed by atoms with van der Waals surface area (Å²) in [5.74, 6) is 1.46. The van der Waals surface area contributed by atoms with Crippen molar-refractivity contribution in [2.24, 2.45) is 10.7 Å². The summed E-state index contributed by atoms with van der Waals surface area (Å²) in [4.78, 5) is 11.5. The molecule has 3 aromatic rings. The Morgan fingerprint density at radius 2 is 1.52 bits per heavy atom. The Kier molecular flexibility index (Phi) is 3.98. The first-order valence-electron chi connectivity index (χ1n) is 8.45. The van der Waals surface area contributed by atoms with E-state index in [0.29, 0.717) is 5.84 Å². The largest absolute Gasteiger partial charge is 0.382 e. The molecule has 0 radical (unpaired) electrons. The van der Waals surface area contributed by atoms with Crippen LogP contribution in [0.3, 0.4) is 0 Å². The Labute approximate surface area is 147 Å². The van der Waals surface area contributed by atoms with Gasteiger partial charge in [0.15, 0.2) is 5.82 Å². The molecule has 0 spiro atoms. The Hall–Kier alpha value is -3.08. The first-order valence-corrected chi connectivity index (χ1v) is 8.45. The van der Waals surface area contributed by atoms with Crippen LogP contribution in [0, 0.1) is 0 Å². The lowest BCUT2D eigenvalue weighted by Crippen LogP contribution is -2.39. The average Bonchev–Trinajstić information content (AvgIpc) is 3.04. The molecular weight excluding hydrogens is 310 g/mol. The van der Waals surface area contributed by atoms with Crippen LogP contribution in [0.15, 0.2) is 72.0 Å². The van der Waals surface area contributed by atoms with Crippen molar-refractivity contribution in [2.45, 2.75) is 26.2 Å². The van der Waals surface area contributed by atoms with Crippen molar-refractivity contribution in [3.63, 3.8) is 0 Å². The van der Waals surface area contributed by atoms with E-state index in [1.54, 1.807) is 0 Å². The number of anilines is 1. The summed E-state index contributed by atoms with van der Waals surface area (Å²) in [6.45, 7) is 3.54. The predicted molar refractivity (Wildman–Crippen MR) is 101 cm³/mol. The number of benzene rings is 2. The number of hydrogen-bond donors (Lipinski definition) is 1. The topological polar surface area (TPSA) is 59.4 Å². The van der Waals surface area contributed by atoms with E-state index >= 15 is 0 Å². The van der Waals surface area contributed by atoms with Crippen LogP contribution in [0.1, 0.15) is 23.7 Å². The molecule has 126 valence electrons. The van der Waals surface area contributed by atoms with Crippen LogP contribution in [0.4, 0.5) is 5.82 Å². The fourth-order valence-electron chi connectivity index (χ4n) is 3.24. The zero-order valence-corrected chi connectivity index (χ0v) is 14.2. The molecule has 25 heavy (non-hydrogen) atoms. The Bertz CT molecular complexity index is 883. The average molecular weight is 331 g/mol. The molecule has 1 aromatic heterocycles. The van der Waals surface area contributed by atoms with Crippen molar-refractivity contribution in [3.8, 4) is 0 Å². The molecule has 2 heterocycles. The highest BCUT2D eigenvalue weighted by atomic mass is 15.3. The monoisotopic (exact) mass is 331 g/mol. The molecule has 5 heteroatoms. The van der Waals surface area contributed by atoms with Gasteiger partial charge in [0, 0.05) is 13.1 Å². The number of aliphatic imine (C=N–C) groups is 1. The normalized spacial score (nSPS) is 16.4. The molecule has 1 atom stereocenters. The van der Waals surface area contributed by atoms with Gasteiger partial charge in [0.1, 0.15) is 17.7 Å². The Balaban J connectivity index is 1.68. The molecule has 2 N–H and O–H groups in total. The molecule has 0 bridgehead atoms. The van der Waals surface area contributed by atoms with Gasteiger partial charge < -0.3 is 15.2 Å². The summed E-state index contributed by atoms with van der Waals surface area (Å²) in [7, 11) is 0. The Morgan fingerprint density at radius 1 is 0.920 bits per heavy atom. The molecule has 0 saturated heterocycles. The van der Waals surface area contributed by atoms with E-state index in [1.807, 2.05) is 30.6 Å². The first-order chi connectivity index (χ1) is 12.2. The SMILES string of the molecule is CC1N=C(N)c2c(ncn2Cc2ccccc2)N1Cc1ccccc1. The third-order valence-corrected chi connectivity index (χ3v) is 4.50. The third-order valence-electron chi connectivity index (χ3n) is 4.50. The highest BCUT2D eigenvalue weighted by molar-refractivity contribution is 6.01. The molecule has 1 aliphatic rings. The second-order valence-electron chi connectivity index (χ2n) is 6.29. The van der Waals surface area contributed by atoms with E-state index in [9.17, 15) is 0 Å². The van der Waals surface area contributed by atoms with Crippen molar-refractivity contribution in [3.05, 3.63) is 83.8 Å². The maximum absolute atomic E-state index is 6.25. The maximum atomic E-state index is 6.25. The van der Waals surface area contributed by atoms with Gasteiger partial charge in [0.05, 0.1) is 6.33 Å². The van der Waals surface area contributed by atoms with E-state index < -0.39 is 0 Å². The zero-order valence-electron chi connectivity index (χ0n) is 14.2. The van der Waals surface area contributed by atoms with Crippen molar-refractivity contribution >= 4 is 11.7 Å². The quantitative estimate of drug-likeness (QED) is 0.799. The Morgan fingerprint density at radius 3 is 2.16 bits per heavy atom. The minimum absolute atomic E-state index is 0.0345. The van der Waals surface area contributed by atoms with Crippen LogP contribution in [-0.2, 0) is 13.1 Å². The lowest BCUT2D eigenvalue weighted by Gasteiger charge is -2.31. The molecule has 0 aliphatic carbocycles. The number of nitrogens with zero attached hydrogens (tertiary/aromatic N) is 4. The molecule has 0 saturated carbocycles. The summed E-state index contributed by atoms with van der Waals surface area (Å²) >= 11 is 0. The molecule has 1 unspecified atom stereocenters. The van der Waals surface area contributed by atoms with E-state index in [1.165, 1.54) is 11.1 Å². The van der Waals surface area contributed by atoms with Crippen molar-refractivity contribution in [2.75, 3.05) is 4.90 Å². The van der Waals surface area contributed by atoms with Gasteiger partial charge in [-0.25, -0.2) is 9.98 Å². The predicted octanol–water partition coefficient (Wildman–Crippen LogP) is 3.00. The summed E-state index contributed by atoms with van der Waals surface area (Å²) in [6.07, 6.45) is 1.82. The highest BCUT2D eigenvalue weighted by Gasteiger charge is 2.28. The molecule has 5 nitrogen and oxygen atoms in total. The van der Waals surface area contributed by atoms with E-state index in [4.69, 9.17) is 5.73 Å². The third kappa shape index (κ3) is 3.01. The second kappa shape index (κ2) is 6.43. The van der Waals surface area contributed by atoms with Gasteiger partial charge in [-0.3, -0.25) is 0 Å². The van der Waals surface area contributed by atoms with Gasteiger partial charge in [-0.05, 0) is 18.1 Å². The maximum Gasteiger partial charge on any atom is 0.160 e. The molecule has 4 rings (SSSR count). The second-order valence-corrected chi connectivity index (χ2v) is 6.29. The van der Waals surface area contributed by atoms with Gasteiger partial charge >= 0.3 is 0 Å². The van der Waals surface area contributed by atoms with Gasteiger partial charge in [-0.2, -0.15) is 0 Å². The molecule has 2 aromatic carbocycles. The number of hydrogen-bond acceptors (Lipinski definition) is 4. The molecule has 1 aliphatic heterocycles. The number of nitrogens with two attached hydrogens (primary N) is 1. The first kappa shape index (κ1) is 15.4. The van der Waals surface area contributed by atoms with Crippen LogP contribution >= 0.6 is 0 Å². The minimum Gasteiger partial charge on any atom is -0.382 e. The van der Waals surface area contributed by atoms with Gasteiger partial charge in [0.25, 0.3) is 0 Å². The zero-order chi connectivity index (χ0) is 17.2. The minimum atomic E-state index is -0.0345. The van der Waals surface area contributed by atoms with E-state index in [0.717, 1.165) is 24.6 Å². The van der Waals surface area contributed by atoms with Crippen molar-refractivity contribution in [1.29, 1.82) is 0 Å². The number of imidazole rings is 1. The molecular formula is C20H21N5. The highest BCUT2D eigenvalue weighted by Crippen LogP contribution is 2.28. The van der Waals surface area contributed by atoms with E-state index in [-0.39, 0.29) is 6.17 Å². The molecule has 0 fully saturated rings. The number of rotatable bonds is 4. The lowest BCUT2D eigenvalue weighted by atomic mass is 10.1. The van der Waals surface area contributed by atoms with Crippen LogP contribution < -0.4 is 10.6 Å². The fraction of sp³-hybridized carbons (Fsp3) is 0.200. The van der Waals surface area contributed by atoms with Gasteiger partial charge in [-0.15, -0.1) is 0 Å². The number of aromatic nitrogens is 2. The smallest absolute Gasteiger partial charge is 0.160 e. The standard InChI is InChI=1S/C20H21N5/c1-15-23-19(21)18-20(25(15)13-17-10-6-3-7-11-17)22-14-24(18)12-16-8-4-2-5-9-16/h2-11,14-15H,12-13H2,1H3,(H2,21,23). The molecule has 0 amide bonds.